The molecule has 0 aromatic heterocycles. The largest absolute Gasteiger partial charge is 0.507 e. The third-order valence-corrected chi connectivity index (χ3v) is 5.78. The molecule has 1 amide bonds. The molecule has 1 unspecified atom stereocenters. The molecule has 6 nitrogen and oxygen atoms in total. The van der Waals surface area contributed by atoms with E-state index in [1.54, 1.807) is 36.4 Å². The van der Waals surface area contributed by atoms with Crippen LogP contribution in [-0.2, 0) is 9.59 Å². The molecule has 2 aromatic carbocycles. The first-order valence-corrected chi connectivity index (χ1v) is 11.1. The number of hydrogen-bond acceptors (Lipinski definition) is 5. The number of ketones is 1. The van der Waals surface area contributed by atoms with Crippen molar-refractivity contribution in [3.8, 4) is 5.75 Å². The molecule has 1 fully saturated rings. The van der Waals surface area contributed by atoms with Crippen molar-refractivity contribution in [3.63, 3.8) is 0 Å². The Morgan fingerprint density at radius 1 is 1.12 bits per heavy atom. The van der Waals surface area contributed by atoms with Crippen LogP contribution in [0.15, 0.2) is 48.0 Å². The first-order chi connectivity index (χ1) is 15.2. The number of carbonyl (C=O) groups excluding carboxylic acids is 2. The van der Waals surface area contributed by atoms with Gasteiger partial charge < -0.3 is 19.6 Å². The second kappa shape index (κ2) is 10.4. The van der Waals surface area contributed by atoms with Crippen molar-refractivity contribution >= 4 is 40.7 Å². The zero-order chi connectivity index (χ0) is 23.4. The molecule has 0 bridgehead atoms. The van der Waals surface area contributed by atoms with Gasteiger partial charge in [-0.05, 0) is 69.9 Å². The third-order valence-electron chi connectivity index (χ3n) is 5.24. The SMILES string of the molecule is CCOc1ccc(/C(O)=C2/C(=O)C(=O)N(CCCN(C)C)C2c2ccc(Cl)cc2)cc1Cl. The molecule has 1 aliphatic rings. The second-order valence-corrected chi connectivity index (χ2v) is 8.62. The van der Waals surface area contributed by atoms with Crippen LogP contribution in [-0.4, -0.2) is 60.4 Å². The van der Waals surface area contributed by atoms with Crippen LogP contribution in [0.2, 0.25) is 10.0 Å². The number of benzene rings is 2. The Hall–Kier alpha value is -2.54. The number of nitrogens with zero attached hydrogens (tertiary/aromatic N) is 2. The highest BCUT2D eigenvalue weighted by Gasteiger charge is 2.45. The van der Waals surface area contributed by atoms with Crippen LogP contribution >= 0.6 is 23.2 Å². The number of Topliss-reactive ketones (excluding diaryl/α,β-unsaturated/α-hetero) is 1. The molecule has 1 heterocycles. The Bertz CT molecular complexity index is 1030. The van der Waals surface area contributed by atoms with E-state index < -0.39 is 17.7 Å². The lowest BCUT2D eigenvalue weighted by Gasteiger charge is -2.26. The van der Waals surface area contributed by atoms with Crippen LogP contribution in [0.1, 0.15) is 30.5 Å². The van der Waals surface area contributed by atoms with Gasteiger partial charge in [0.2, 0.25) is 0 Å². The minimum atomic E-state index is -0.725. The minimum absolute atomic E-state index is 0.0300. The van der Waals surface area contributed by atoms with E-state index in [0.29, 0.717) is 46.5 Å². The summed E-state index contributed by atoms with van der Waals surface area (Å²) in [4.78, 5) is 29.5. The molecule has 170 valence electrons. The topological polar surface area (TPSA) is 70.1 Å². The van der Waals surface area contributed by atoms with Gasteiger partial charge >= 0.3 is 0 Å². The smallest absolute Gasteiger partial charge is 0.295 e. The predicted octanol–water partition coefficient (Wildman–Crippen LogP) is 4.77. The maximum Gasteiger partial charge on any atom is 0.295 e. The van der Waals surface area contributed by atoms with Crippen molar-refractivity contribution in [1.82, 2.24) is 9.80 Å². The molecule has 0 radical (unpaired) electrons. The Morgan fingerprint density at radius 3 is 2.41 bits per heavy atom. The van der Waals surface area contributed by atoms with Crippen LogP contribution in [0.5, 0.6) is 5.75 Å². The van der Waals surface area contributed by atoms with E-state index in [1.165, 1.54) is 11.0 Å². The number of rotatable bonds is 8. The van der Waals surface area contributed by atoms with Gasteiger partial charge in [-0.1, -0.05) is 35.3 Å². The molecule has 3 rings (SSSR count). The third kappa shape index (κ3) is 5.09. The molecule has 0 saturated carbocycles. The van der Waals surface area contributed by atoms with Gasteiger partial charge in [0.15, 0.2) is 0 Å². The Labute approximate surface area is 198 Å². The zero-order valence-electron chi connectivity index (χ0n) is 18.3. The van der Waals surface area contributed by atoms with Crippen LogP contribution in [0.25, 0.3) is 5.76 Å². The standard InChI is InChI=1S/C24H26Cl2N2O4/c1-4-32-19-11-8-16(14-18(19)26)22(29)20-21(15-6-9-17(25)10-7-15)28(24(31)23(20)30)13-5-12-27(2)3/h6-11,14,21,29H,4-5,12-13H2,1-3H3/b22-20-. The number of amides is 1. The number of ether oxygens (including phenoxy) is 1. The molecular formula is C24H26Cl2N2O4. The van der Waals surface area contributed by atoms with Gasteiger partial charge in [-0.15, -0.1) is 0 Å². The van der Waals surface area contributed by atoms with Crippen LogP contribution < -0.4 is 4.74 Å². The summed E-state index contributed by atoms with van der Waals surface area (Å²) in [6, 6.07) is 11.0. The fraction of sp³-hybridized carbons (Fsp3) is 0.333. The summed E-state index contributed by atoms with van der Waals surface area (Å²) in [5.41, 5.74) is 1.06. The summed E-state index contributed by atoms with van der Waals surface area (Å²) in [5, 5.41) is 12.0. The van der Waals surface area contributed by atoms with Crippen molar-refractivity contribution in [1.29, 1.82) is 0 Å². The number of hydrogen-bond donors (Lipinski definition) is 1. The molecule has 1 saturated heterocycles. The first-order valence-electron chi connectivity index (χ1n) is 10.4. The summed E-state index contributed by atoms with van der Waals surface area (Å²) >= 11 is 12.3. The normalized spacial score (nSPS) is 17.9. The van der Waals surface area contributed by atoms with E-state index in [0.717, 1.165) is 6.54 Å². The monoisotopic (exact) mass is 476 g/mol. The van der Waals surface area contributed by atoms with E-state index in [-0.39, 0.29) is 11.3 Å². The molecule has 2 aromatic rings. The highest BCUT2D eigenvalue weighted by Crippen LogP contribution is 2.40. The van der Waals surface area contributed by atoms with Crippen molar-refractivity contribution in [2.45, 2.75) is 19.4 Å². The number of carbonyl (C=O) groups is 2. The second-order valence-electron chi connectivity index (χ2n) is 7.78. The van der Waals surface area contributed by atoms with Crippen LogP contribution in [0.3, 0.4) is 0 Å². The van der Waals surface area contributed by atoms with Gasteiger partial charge in [0.1, 0.15) is 11.5 Å². The van der Waals surface area contributed by atoms with Gasteiger partial charge in [-0.3, -0.25) is 9.59 Å². The quantitative estimate of drug-likeness (QED) is 0.337. The lowest BCUT2D eigenvalue weighted by molar-refractivity contribution is -0.139. The lowest BCUT2D eigenvalue weighted by atomic mass is 9.95. The molecule has 1 N–H and O–H groups in total. The Morgan fingerprint density at radius 2 is 1.81 bits per heavy atom. The summed E-state index contributed by atoms with van der Waals surface area (Å²) in [5.74, 6) is -1.16. The minimum Gasteiger partial charge on any atom is -0.507 e. The molecule has 1 atom stereocenters. The number of halogens is 2. The average Bonchev–Trinajstić information content (AvgIpc) is 3.00. The van der Waals surface area contributed by atoms with Gasteiger partial charge in [0, 0.05) is 17.1 Å². The summed E-state index contributed by atoms with van der Waals surface area (Å²) in [6.07, 6.45) is 0.680. The highest BCUT2D eigenvalue weighted by molar-refractivity contribution is 6.46. The van der Waals surface area contributed by atoms with Crippen LogP contribution in [0, 0.1) is 0 Å². The zero-order valence-corrected chi connectivity index (χ0v) is 19.8. The number of aliphatic hydroxyl groups excluding tert-OH is 1. The fourth-order valence-electron chi connectivity index (χ4n) is 3.74. The maximum absolute atomic E-state index is 13.0. The molecule has 8 heteroatoms. The van der Waals surface area contributed by atoms with Crippen molar-refractivity contribution in [2.24, 2.45) is 0 Å². The van der Waals surface area contributed by atoms with E-state index in [2.05, 4.69) is 0 Å². The van der Waals surface area contributed by atoms with Gasteiger partial charge in [0.25, 0.3) is 11.7 Å². The van der Waals surface area contributed by atoms with E-state index in [4.69, 9.17) is 27.9 Å². The summed E-state index contributed by atoms with van der Waals surface area (Å²) < 4.78 is 5.44. The van der Waals surface area contributed by atoms with Crippen molar-refractivity contribution in [3.05, 3.63) is 69.2 Å². The van der Waals surface area contributed by atoms with E-state index in [9.17, 15) is 14.7 Å². The van der Waals surface area contributed by atoms with Gasteiger partial charge in [-0.2, -0.15) is 0 Å². The predicted molar refractivity (Wildman–Crippen MR) is 126 cm³/mol. The summed E-state index contributed by atoms with van der Waals surface area (Å²) in [6.45, 7) is 3.41. The van der Waals surface area contributed by atoms with Crippen molar-refractivity contribution < 1.29 is 19.4 Å². The van der Waals surface area contributed by atoms with Crippen LogP contribution in [0.4, 0.5) is 0 Å². The Kier molecular flexibility index (Phi) is 7.82. The van der Waals surface area contributed by atoms with Gasteiger partial charge in [-0.25, -0.2) is 0 Å². The highest BCUT2D eigenvalue weighted by atomic mass is 35.5. The fourth-order valence-corrected chi connectivity index (χ4v) is 4.10. The maximum atomic E-state index is 13.0. The van der Waals surface area contributed by atoms with Gasteiger partial charge in [0.05, 0.1) is 23.2 Å². The van der Waals surface area contributed by atoms with E-state index >= 15 is 0 Å². The first kappa shape index (κ1) is 24.1. The number of likely N-dealkylation sites (tertiary alicyclic amines) is 1. The Balaban J connectivity index is 2.08. The average molecular weight is 477 g/mol. The molecule has 1 aliphatic heterocycles. The molecular weight excluding hydrogens is 451 g/mol. The summed E-state index contributed by atoms with van der Waals surface area (Å²) in [7, 11) is 3.89. The molecule has 0 spiro atoms. The van der Waals surface area contributed by atoms with Crippen molar-refractivity contribution in [2.75, 3.05) is 33.8 Å². The lowest BCUT2D eigenvalue weighted by Crippen LogP contribution is -2.32. The number of aliphatic hydroxyl groups is 1. The van der Waals surface area contributed by atoms with E-state index in [1.807, 2.05) is 25.9 Å². The molecule has 0 aliphatic carbocycles. The molecule has 32 heavy (non-hydrogen) atoms.